The molecule has 0 atom stereocenters. The first-order chi connectivity index (χ1) is 23.9. The summed E-state index contributed by atoms with van der Waals surface area (Å²) < 4.78 is 0. The Balaban J connectivity index is 1.39. The third-order valence-corrected chi connectivity index (χ3v) is 9.49. The van der Waals surface area contributed by atoms with Gasteiger partial charge >= 0.3 is 0 Å². The Morgan fingerprint density at radius 1 is 0.250 bits per heavy atom. The molecule has 0 saturated heterocycles. The zero-order chi connectivity index (χ0) is 31.9. The first-order valence-corrected chi connectivity index (χ1v) is 16.5. The lowest BCUT2D eigenvalue weighted by atomic mass is 9.85. The molecule has 2 heterocycles. The van der Waals surface area contributed by atoms with Crippen LogP contribution in [0.1, 0.15) is 0 Å². The van der Waals surface area contributed by atoms with Gasteiger partial charge in [-0.1, -0.05) is 170 Å². The smallest absolute Gasteiger partial charge is 0.0552 e. The van der Waals surface area contributed by atoms with Gasteiger partial charge in [-0.2, -0.15) is 0 Å². The quantitative estimate of drug-likeness (QED) is 0.175. The highest BCUT2D eigenvalue weighted by Crippen LogP contribution is 2.50. The SMILES string of the molecule is c1ccc(-c2c[nH]c(-c3c4ccccc4c(-c4[nH]cc(-c5ccccc5)c4-c4ccccc4)c4ccccc34)c2-c2ccccc2)cc1. The van der Waals surface area contributed by atoms with Gasteiger partial charge in [0.2, 0.25) is 0 Å². The Labute approximate surface area is 280 Å². The maximum atomic E-state index is 3.79. The molecule has 2 heteroatoms. The van der Waals surface area contributed by atoms with E-state index in [0.717, 1.165) is 11.4 Å². The van der Waals surface area contributed by atoms with Crippen LogP contribution in [0.5, 0.6) is 0 Å². The molecule has 0 radical (unpaired) electrons. The first-order valence-electron chi connectivity index (χ1n) is 16.5. The van der Waals surface area contributed by atoms with Crippen LogP contribution in [0.3, 0.4) is 0 Å². The van der Waals surface area contributed by atoms with Crippen molar-refractivity contribution < 1.29 is 0 Å². The lowest BCUT2D eigenvalue weighted by Crippen LogP contribution is -1.94. The zero-order valence-corrected chi connectivity index (χ0v) is 26.3. The van der Waals surface area contributed by atoms with Crippen LogP contribution in [0.2, 0.25) is 0 Å². The van der Waals surface area contributed by atoms with Crippen molar-refractivity contribution in [2.24, 2.45) is 0 Å². The molecule has 2 nitrogen and oxygen atoms in total. The first kappa shape index (κ1) is 27.9. The van der Waals surface area contributed by atoms with E-state index in [1.54, 1.807) is 0 Å². The van der Waals surface area contributed by atoms with Gasteiger partial charge in [0.25, 0.3) is 0 Å². The van der Waals surface area contributed by atoms with Crippen molar-refractivity contribution >= 4 is 21.5 Å². The molecule has 0 unspecified atom stereocenters. The molecule has 226 valence electrons. The van der Waals surface area contributed by atoms with E-state index in [-0.39, 0.29) is 0 Å². The van der Waals surface area contributed by atoms with Gasteiger partial charge in [0.05, 0.1) is 11.4 Å². The fourth-order valence-corrected chi connectivity index (χ4v) is 7.41. The van der Waals surface area contributed by atoms with Gasteiger partial charge in [-0.15, -0.1) is 0 Å². The number of hydrogen-bond donors (Lipinski definition) is 2. The van der Waals surface area contributed by atoms with Crippen molar-refractivity contribution in [2.45, 2.75) is 0 Å². The second kappa shape index (κ2) is 11.8. The summed E-state index contributed by atoms with van der Waals surface area (Å²) in [5.41, 5.74) is 14.2. The second-order valence-electron chi connectivity index (χ2n) is 12.2. The van der Waals surface area contributed by atoms with Crippen LogP contribution >= 0.6 is 0 Å². The molecular formula is C46H32N2. The van der Waals surface area contributed by atoms with Crippen LogP contribution in [-0.4, -0.2) is 9.97 Å². The summed E-state index contributed by atoms with van der Waals surface area (Å²) >= 11 is 0. The van der Waals surface area contributed by atoms with Crippen LogP contribution in [0.4, 0.5) is 0 Å². The van der Waals surface area contributed by atoms with Crippen molar-refractivity contribution in [1.82, 2.24) is 9.97 Å². The molecule has 0 aliphatic heterocycles. The summed E-state index contributed by atoms with van der Waals surface area (Å²) in [7, 11) is 0. The molecule has 2 N–H and O–H groups in total. The van der Waals surface area contributed by atoms with Gasteiger partial charge in [0, 0.05) is 45.8 Å². The Bertz CT molecular complexity index is 2290. The normalized spacial score (nSPS) is 11.3. The highest BCUT2D eigenvalue weighted by Gasteiger charge is 2.25. The largest absolute Gasteiger partial charge is 0.360 e. The van der Waals surface area contributed by atoms with Gasteiger partial charge in [0.1, 0.15) is 0 Å². The third-order valence-electron chi connectivity index (χ3n) is 9.49. The predicted molar refractivity (Wildman–Crippen MR) is 203 cm³/mol. The maximum absolute atomic E-state index is 3.79. The summed E-state index contributed by atoms with van der Waals surface area (Å²) in [5, 5.41) is 4.83. The van der Waals surface area contributed by atoms with Gasteiger partial charge in [-0.25, -0.2) is 0 Å². The molecule has 7 aromatic carbocycles. The standard InChI is InChI=1S/C46H32N2/c1-5-17-31(18-6-1)39-29-47-45(41(39)33-21-9-3-10-22-33)43-35-25-13-15-27-37(35)44(38-28-16-14-26-36(38)43)46-42(34-23-11-4-12-24-34)40(30-48-46)32-19-7-2-8-20-32/h1-30,47-48H. The Hall–Kier alpha value is -6.38. The van der Waals surface area contributed by atoms with Crippen LogP contribution in [0.25, 0.3) is 88.6 Å². The van der Waals surface area contributed by atoms with E-state index in [1.165, 1.54) is 77.2 Å². The third kappa shape index (κ3) is 4.58. The molecule has 0 aliphatic rings. The Morgan fingerprint density at radius 2 is 0.521 bits per heavy atom. The number of fused-ring (bicyclic) bond motifs is 2. The number of aromatic amines is 2. The molecule has 9 aromatic rings. The van der Waals surface area contributed by atoms with E-state index in [0.29, 0.717) is 0 Å². The predicted octanol–water partition coefficient (Wildman–Crippen LogP) is 12.7. The maximum Gasteiger partial charge on any atom is 0.0552 e. The second-order valence-corrected chi connectivity index (χ2v) is 12.2. The van der Waals surface area contributed by atoms with E-state index in [2.05, 4.69) is 192 Å². The average molecular weight is 613 g/mol. The number of benzene rings is 7. The molecule has 2 aromatic heterocycles. The van der Waals surface area contributed by atoms with Gasteiger partial charge in [0.15, 0.2) is 0 Å². The van der Waals surface area contributed by atoms with Gasteiger partial charge < -0.3 is 9.97 Å². The van der Waals surface area contributed by atoms with Crippen molar-refractivity contribution in [3.05, 3.63) is 182 Å². The number of H-pyrrole nitrogens is 2. The molecule has 0 fully saturated rings. The van der Waals surface area contributed by atoms with Crippen LogP contribution in [0, 0.1) is 0 Å². The highest BCUT2D eigenvalue weighted by molar-refractivity contribution is 6.23. The monoisotopic (exact) mass is 612 g/mol. The fraction of sp³-hybridized carbons (Fsp3) is 0. The van der Waals surface area contributed by atoms with Crippen molar-refractivity contribution in [3.8, 4) is 67.0 Å². The lowest BCUT2D eigenvalue weighted by molar-refractivity contribution is 1.41. The van der Waals surface area contributed by atoms with Gasteiger partial charge in [-0.3, -0.25) is 0 Å². The topological polar surface area (TPSA) is 31.6 Å². The summed E-state index contributed by atoms with van der Waals surface area (Å²) in [6, 6.07) is 60.7. The number of aromatic nitrogens is 2. The Morgan fingerprint density at radius 3 is 0.833 bits per heavy atom. The minimum absolute atomic E-state index is 1.12. The van der Waals surface area contributed by atoms with Crippen molar-refractivity contribution in [2.75, 3.05) is 0 Å². The zero-order valence-electron chi connectivity index (χ0n) is 26.3. The lowest BCUT2D eigenvalue weighted by Gasteiger charge is -2.19. The number of hydrogen-bond acceptors (Lipinski definition) is 0. The highest BCUT2D eigenvalue weighted by atomic mass is 14.7. The molecule has 48 heavy (non-hydrogen) atoms. The van der Waals surface area contributed by atoms with E-state index in [9.17, 15) is 0 Å². The molecular weight excluding hydrogens is 581 g/mol. The van der Waals surface area contributed by atoms with E-state index < -0.39 is 0 Å². The minimum atomic E-state index is 1.12. The molecule has 0 bridgehead atoms. The number of nitrogens with one attached hydrogen (secondary N) is 2. The van der Waals surface area contributed by atoms with Crippen molar-refractivity contribution in [3.63, 3.8) is 0 Å². The summed E-state index contributed by atoms with van der Waals surface area (Å²) in [4.78, 5) is 7.57. The van der Waals surface area contributed by atoms with E-state index >= 15 is 0 Å². The van der Waals surface area contributed by atoms with Crippen LogP contribution in [0.15, 0.2) is 182 Å². The summed E-state index contributed by atoms with van der Waals surface area (Å²) in [6.45, 7) is 0. The summed E-state index contributed by atoms with van der Waals surface area (Å²) in [6.07, 6.45) is 4.35. The fourth-order valence-electron chi connectivity index (χ4n) is 7.41. The minimum Gasteiger partial charge on any atom is -0.360 e. The molecule has 0 aliphatic carbocycles. The Kier molecular flexibility index (Phi) is 6.84. The van der Waals surface area contributed by atoms with E-state index in [4.69, 9.17) is 0 Å². The number of rotatable bonds is 6. The van der Waals surface area contributed by atoms with Crippen LogP contribution < -0.4 is 0 Å². The molecule has 0 spiro atoms. The van der Waals surface area contributed by atoms with E-state index in [1.807, 2.05) is 0 Å². The molecule has 9 rings (SSSR count). The molecule has 0 saturated carbocycles. The summed E-state index contributed by atoms with van der Waals surface area (Å²) in [5.74, 6) is 0. The van der Waals surface area contributed by atoms with Gasteiger partial charge in [-0.05, 0) is 43.8 Å². The molecule has 0 amide bonds. The average Bonchev–Trinajstić information content (AvgIpc) is 3.81. The van der Waals surface area contributed by atoms with Crippen molar-refractivity contribution in [1.29, 1.82) is 0 Å². The van der Waals surface area contributed by atoms with Crippen LogP contribution in [-0.2, 0) is 0 Å².